The summed E-state index contributed by atoms with van der Waals surface area (Å²) < 4.78 is 5.52. The van der Waals surface area contributed by atoms with Crippen molar-refractivity contribution in [3.63, 3.8) is 0 Å². The van der Waals surface area contributed by atoms with E-state index >= 15 is 0 Å². The predicted molar refractivity (Wildman–Crippen MR) is 97.7 cm³/mol. The fraction of sp³-hybridized carbons (Fsp3) is 0.238. The van der Waals surface area contributed by atoms with Gasteiger partial charge in [-0.1, -0.05) is 30.3 Å². The van der Waals surface area contributed by atoms with Crippen molar-refractivity contribution in [1.82, 2.24) is 9.88 Å². The van der Waals surface area contributed by atoms with Crippen molar-refractivity contribution in [2.45, 2.75) is 18.9 Å². The molecule has 1 aliphatic heterocycles. The summed E-state index contributed by atoms with van der Waals surface area (Å²) in [6.45, 7) is 0.767. The topological polar surface area (TPSA) is 42.4 Å². The van der Waals surface area contributed by atoms with Gasteiger partial charge in [0.15, 0.2) is 0 Å². The Morgan fingerprint density at radius 2 is 2.04 bits per heavy atom. The molecular weight excluding hydrogens is 312 g/mol. The molecule has 0 saturated carbocycles. The molecule has 1 fully saturated rings. The van der Waals surface area contributed by atoms with Crippen LogP contribution in [-0.2, 0) is 0 Å². The van der Waals surface area contributed by atoms with Gasteiger partial charge in [0.1, 0.15) is 5.75 Å². The van der Waals surface area contributed by atoms with Crippen molar-refractivity contribution in [3.05, 3.63) is 72.1 Å². The van der Waals surface area contributed by atoms with Crippen LogP contribution in [0.3, 0.4) is 0 Å². The van der Waals surface area contributed by atoms with Crippen molar-refractivity contribution < 1.29 is 9.53 Å². The van der Waals surface area contributed by atoms with Crippen LogP contribution in [0.1, 0.15) is 34.8 Å². The monoisotopic (exact) mass is 332 g/mol. The van der Waals surface area contributed by atoms with Gasteiger partial charge in [0, 0.05) is 35.5 Å². The Labute approximate surface area is 147 Å². The van der Waals surface area contributed by atoms with Gasteiger partial charge in [0.25, 0.3) is 5.91 Å². The highest BCUT2D eigenvalue weighted by molar-refractivity contribution is 6.07. The van der Waals surface area contributed by atoms with Gasteiger partial charge < -0.3 is 9.64 Å². The number of hydrogen-bond donors (Lipinski definition) is 0. The van der Waals surface area contributed by atoms with Crippen molar-refractivity contribution in [2.75, 3.05) is 13.7 Å². The molecule has 0 spiro atoms. The van der Waals surface area contributed by atoms with Crippen LogP contribution in [0.2, 0.25) is 0 Å². The molecular formula is C21H20N2O2. The Morgan fingerprint density at radius 1 is 1.16 bits per heavy atom. The molecule has 0 aliphatic carbocycles. The van der Waals surface area contributed by atoms with E-state index in [0.717, 1.165) is 47.0 Å². The second-order valence-electron chi connectivity index (χ2n) is 6.30. The van der Waals surface area contributed by atoms with Crippen LogP contribution in [0, 0.1) is 0 Å². The fourth-order valence-electron chi connectivity index (χ4n) is 3.74. The first-order valence-corrected chi connectivity index (χ1v) is 8.56. The van der Waals surface area contributed by atoms with Crippen LogP contribution in [0.25, 0.3) is 10.8 Å². The van der Waals surface area contributed by atoms with E-state index in [-0.39, 0.29) is 11.9 Å². The number of pyridine rings is 1. The van der Waals surface area contributed by atoms with E-state index in [1.807, 2.05) is 47.4 Å². The third-order valence-corrected chi connectivity index (χ3v) is 4.92. The lowest BCUT2D eigenvalue weighted by molar-refractivity contribution is 0.0736. The molecule has 126 valence electrons. The normalized spacial score (nSPS) is 17.0. The van der Waals surface area contributed by atoms with E-state index < -0.39 is 0 Å². The summed E-state index contributed by atoms with van der Waals surface area (Å²) >= 11 is 0. The number of carbonyl (C=O) groups excluding carboxylic acids is 1. The Kier molecular flexibility index (Phi) is 4.10. The summed E-state index contributed by atoms with van der Waals surface area (Å²) in [5.41, 5.74) is 1.82. The molecule has 1 aromatic heterocycles. The highest BCUT2D eigenvalue weighted by atomic mass is 16.5. The minimum atomic E-state index is 0.0562. The summed E-state index contributed by atoms with van der Waals surface area (Å²) in [6.07, 6.45) is 5.49. The number of hydrogen-bond acceptors (Lipinski definition) is 3. The summed E-state index contributed by atoms with van der Waals surface area (Å²) in [5.74, 6) is 0.916. The summed E-state index contributed by atoms with van der Waals surface area (Å²) in [5, 5.41) is 1.94. The molecule has 3 aromatic rings. The first-order valence-electron chi connectivity index (χ1n) is 8.56. The molecule has 25 heavy (non-hydrogen) atoms. The number of nitrogens with zero attached hydrogens (tertiary/aromatic N) is 2. The third kappa shape index (κ3) is 2.74. The Balaban J connectivity index is 1.74. The van der Waals surface area contributed by atoms with Gasteiger partial charge in [0.05, 0.1) is 13.2 Å². The van der Waals surface area contributed by atoms with Gasteiger partial charge in [-0.15, -0.1) is 0 Å². The molecule has 1 aliphatic rings. The third-order valence-electron chi connectivity index (χ3n) is 4.92. The lowest BCUT2D eigenvalue weighted by Crippen LogP contribution is -2.30. The van der Waals surface area contributed by atoms with Crippen LogP contribution >= 0.6 is 0 Å². The van der Waals surface area contributed by atoms with E-state index in [2.05, 4.69) is 11.1 Å². The maximum atomic E-state index is 13.3. The number of amides is 1. The van der Waals surface area contributed by atoms with Crippen LogP contribution in [-0.4, -0.2) is 29.4 Å². The lowest BCUT2D eigenvalue weighted by atomic mass is 10.0. The average molecular weight is 332 g/mol. The maximum absolute atomic E-state index is 13.3. The first-order chi connectivity index (χ1) is 12.3. The first kappa shape index (κ1) is 15.6. The molecule has 1 saturated heterocycles. The summed E-state index contributed by atoms with van der Waals surface area (Å²) in [6, 6.07) is 15.8. The van der Waals surface area contributed by atoms with Gasteiger partial charge >= 0.3 is 0 Å². The average Bonchev–Trinajstić information content (AvgIpc) is 3.16. The minimum Gasteiger partial charge on any atom is -0.496 e. The van der Waals surface area contributed by atoms with Crippen molar-refractivity contribution in [3.8, 4) is 5.75 Å². The second kappa shape index (κ2) is 6.55. The summed E-state index contributed by atoms with van der Waals surface area (Å²) in [4.78, 5) is 19.4. The molecule has 2 aromatic carbocycles. The predicted octanol–water partition coefficient (Wildman–Crippen LogP) is 4.22. The van der Waals surface area contributed by atoms with E-state index in [0.29, 0.717) is 0 Å². The van der Waals surface area contributed by atoms with Gasteiger partial charge in [-0.2, -0.15) is 0 Å². The van der Waals surface area contributed by atoms with Crippen molar-refractivity contribution >= 4 is 16.7 Å². The molecule has 0 unspecified atom stereocenters. The number of ether oxygens (including phenoxy) is 1. The number of benzene rings is 2. The van der Waals surface area contributed by atoms with Gasteiger partial charge in [-0.05, 0) is 36.4 Å². The Morgan fingerprint density at radius 3 is 2.92 bits per heavy atom. The van der Waals surface area contributed by atoms with Crippen LogP contribution in [0.4, 0.5) is 0 Å². The Hall–Kier alpha value is -2.88. The van der Waals surface area contributed by atoms with E-state index in [1.165, 1.54) is 0 Å². The molecule has 0 N–H and O–H groups in total. The van der Waals surface area contributed by atoms with Crippen LogP contribution in [0.15, 0.2) is 60.9 Å². The second-order valence-corrected chi connectivity index (χ2v) is 6.30. The minimum absolute atomic E-state index is 0.0562. The van der Waals surface area contributed by atoms with E-state index in [4.69, 9.17) is 4.74 Å². The van der Waals surface area contributed by atoms with E-state index in [1.54, 1.807) is 19.5 Å². The maximum Gasteiger partial charge on any atom is 0.255 e. The van der Waals surface area contributed by atoms with Crippen molar-refractivity contribution in [1.29, 1.82) is 0 Å². The molecule has 4 rings (SSSR count). The molecule has 2 heterocycles. The molecule has 4 heteroatoms. The molecule has 0 radical (unpaired) electrons. The SMILES string of the molecule is COc1ccccc1[C@H]1CCCN1C(=O)c1cccc2cnccc12. The quantitative estimate of drug-likeness (QED) is 0.721. The zero-order chi connectivity index (χ0) is 17.2. The molecule has 1 amide bonds. The largest absolute Gasteiger partial charge is 0.496 e. The number of aromatic nitrogens is 1. The van der Waals surface area contributed by atoms with Crippen LogP contribution in [0.5, 0.6) is 5.75 Å². The van der Waals surface area contributed by atoms with Gasteiger partial charge in [0.2, 0.25) is 0 Å². The number of rotatable bonds is 3. The molecule has 4 nitrogen and oxygen atoms in total. The number of methoxy groups -OCH3 is 1. The van der Waals surface area contributed by atoms with Crippen molar-refractivity contribution in [2.24, 2.45) is 0 Å². The van der Waals surface area contributed by atoms with Gasteiger partial charge in [-0.3, -0.25) is 9.78 Å². The number of likely N-dealkylation sites (tertiary alicyclic amines) is 1. The fourth-order valence-corrected chi connectivity index (χ4v) is 3.74. The number of para-hydroxylation sites is 1. The van der Waals surface area contributed by atoms with Gasteiger partial charge in [-0.25, -0.2) is 0 Å². The summed E-state index contributed by atoms with van der Waals surface area (Å²) in [7, 11) is 1.68. The smallest absolute Gasteiger partial charge is 0.255 e. The molecule has 0 bridgehead atoms. The van der Waals surface area contributed by atoms with Crippen LogP contribution < -0.4 is 4.74 Å². The molecule has 1 atom stereocenters. The highest BCUT2D eigenvalue weighted by Gasteiger charge is 2.32. The number of fused-ring (bicyclic) bond motifs is 1. The zero-order valence-electron chi connectivity index (χ0n) is 14.2. The standard InChI is InChI=1S/C21H20N2O2/c1-25-20-10-3-2-7-18(20)19-9-5-13-23(19)21(24)17-8-4-6-15-14-22-12-11-16(15)17/h2-4,6-8,10-12,14,19H,5,9,13H2,1H3/t19-/m1/s1. The highest BCUT2D eigenvalue weighted by Crippen LogP contribution is 2.38. The number of carbonyl (C=O) groups is 1. The Bertz CT molecular complexity index is 917. The zero-order valence-corrected chi connectivity index (χ0v) is 14.2. The van der Waals surface area contributed by atoms with E-state index in [9.17, 15) is 4.79 Å². The lowest BCUT2D eigenvalue weighted by Gasteiger charge is -2.27.